The molecule has 2 aromatic heterocycles. The average Bonchev–Trinajstić information content (AvgIpc) is 3.08. The number of hydrogen-bond acceptors (Lipinski definition) is 5. The van der Waals surface area contributed by atoms with E-state index in [1.807, 2.05) is 36.7 Å². The number of hydrogen-bond donors (Lipinski definition) is 0. The molecule has 21 heavy (non-hydrogen) atoms. The minimum Gasteiger partial charge on any atom is -0.277 e. The van der Waals surface area contributed by atoms with Crippen LogP contribution in [0.2, 0.25) is 5.02 Å². The lowest BCUT2D eigenvalue weighted by atomic mass is 10.2. The number of halogens is 1. The van der Waals surface area contributed by atoms with Gasteiger partial charge in [0.2, 0.25) is 0 Å². The lowest BCUT2D eigenvalue weighted by molar-refractivity contribution is 0.729. The minimum atomic E-state index is 0.675. The molecule has 0 unspecified atom stereocenters. The number of thioether (sulfide) groups is 1. The van der Waals surface area contributed by atoms with Crippen LogP contribution in [0.25, 0.3) is 5.69 Å². The highest BCUT2D eigenvalue weighted by Gasteiger charge is 2.10. The first kappa shape index (κ1) is 14.1. The van der Waals surface area contributed by atoms with E-state index in [1.165, 1.54) is 0 Å². The molecule has 0 saturated heterocycles. The fourth-order valence-corrected chi connectivity index (χ4v) is 2.90. The SMILES string of the molecule is Cc1ccc(-n2cnnc2SCc2ncnn2C)cc1Cl. The van der Waals surface area contributed by atoms with Gasteiger partial charge in [-0.25, -0.2) is 4.98 Å². The Balaban J connectivity index is 1.83. The van der Waals surface area contributed by atoms with E-state index in [2.05, 4.69) is 20.3 Å². The van der Waals surface area contributed by atoms with E-state index in [9.17, 15) is 0 Å². The van der Waals surface area contributed by atoms with Crippen LogP contribution in [0.3, 0.4) is 0 Å². The van der Waals surface area contributed by atoms with Crippen molar-refractivity contribution in [1.82, 2.24) is 29.5 Å². The summed E-state index contributed by atoms with van der Waals surface area (Å²) in [5, 5.41) is 13.7. The van der Waals surface area contributed by atoms with Crippen molar-refractivity contribution in [1.29, 1.82) is 0 Å². The summed E-state index contributed by atoms with van der Waals surface area (Å²) in [5.74, 6) is 1.56. The van der Waals surface area contributed by atoms with E-state index in [4.69, 9.17) is 11.6 Å². The molecule has 108 valence electrons. The van der Waals surface area contributed by atoms with Crippen LogP contribution in [0.1, 0.15) is 11.4 Å². The molecular formula is C13H13ClN6S. The number of rotatable bonds is 4. The number of benzene rings is 1. The first-order valence-corrected chi connectivity index (χ1v) is 7.63. The maximum atomic E-state index is 6.18. The zero-order valence-corrected chi connectivity index (χ0v) is 13.1. The fourth-order valence-electron chi connectivity index (χ4n) is 1.81. The third-order valence-electron chi connectivity index (χ3n) is 3.09. The average molecular weight is 321 g/mol. The van der Waals surface area contributed by atoms with E-state index in [-0.39, 0.29) is 0 Å². The van der Waals surface area contributed by atoms with Gasteiger partial charge in [-0.2, -0.15) is 5.10 Å². The standard InChI is InChI=1S/C13H13ClN6S/c1-9-3-4-10(5-11(9)14)20-8-16-18-13(20)21-6-12-15-7-17-19(12)2/h3-5,7-8H,6H2,1-2H3. The van der Waals surface area contributed by atoms with E-state index in [0.717, 1.165) is 27.3 Å². The normalized spacial score (nSPS) is 11.0. The molecule has 2 heterocycles. The van der Waals surface area contributed by atoms with Gasteiger partial charge >= 0.3 is 0 Å². The Hall–Kier alpha value is -1.86. The monoisotopic (exact) mass is 320 g/mol. The van der Waals surface area contributed by atoms with E-state index in [0.29, 0.717) is 5.75 Å². The van der Waals surface area contributed by atoms with Crippen LogP contribution < -0.4 is 0 Å². The quantitative estimate of drug-likeness (QED) is 0.692. The van der Waals surface area contributed by atoms with Crippen molar-refractivity contribution < 1.29 is 0 Å². The molecule has 0 radical (unpaired) electrons. The fraction of sp³-hybridized carbons (Fsp3) is 0.231. The van der Waals surface area contributed by atoms with Gasteiger partial charge in [0.1, 0.15) is 18.5 Å². The maximum Gasteiger partial charge on any atom is 0.196 e. The summed E-state index contributed by atoms with van der Waals surface area (Å²) in [6.45, 7) is 1.97. The molecule has 0 N–H and O–H groups in total. The Morgan fingerprint density at radius 1 is 1.33 bits per heavy atom. The summed E-state index contributed by atoms with van der Waals surface area (Å²) >= 11 is 7.73. The van der Waals surface area contributed by atoms with Gasteiger partial charge in [-0.3, -0.25) is 9.25 Å². The molecule has 0 saturated carbocycles. The molecule has 1 aromatic carbocycles. The van der Waals surface area contributed by atoms with Gasteiger partial charge in [0.05, 0.1) is 11.4 Å². The second kappa shape index (κ2) is 5.87. The molecule has 0 amide bonds. The lowest BCUT2D eigenvalue weighted by Crippen LogP contribution is -2.00. The van der Waals surface area contributed by atoms with Crippen LogP contribution in [0.4, 0.5) is 0 Å². The summed E-state index contributed by atoms with van der Waals surface area (Å²) in [6.07, 6.45) is 3.22. The molecule has 3 rings (SSSR count). The van der Waals surface area contributed by atoms with E-state index >= 15 is 0 Å². The Morgan fingerprint density at radius 3 is 2.90 bits per heavy atom. The smallest absolute Gasteiger partial charge is 0.196 e. The molecule has 0 aliphatic carbocycles. The van der Waals surface area contributed by atoms with Crippen molar-refractivity contribution in [3.05, 3.63) is 47.3 Å². The van der Waals surface area contributed by atoms with Gasteiger partial charge < -0.3 is 0 Å². The predicted molar refractivity (Wildman–Crippen MR) is 81.7 cm³/mol. The van der Waals surface area contributed by atoms with Crippen molar-refractivity contribution in [2.75, 3.05) is 0 Å². The summed E-state index contributed by atoms with van der Waals surface area (Å²) in [5.41, 5.74) is 1.98. The van der Waals surface area contributed by atoms with Crippen LogP contribution in [0, 0.1) is 6.92 Å². The van der Waals surface area contributed by atoms with Gasteiger partial charge in [0.25, 0.3) is 0 Å². The van der Waals surface area contributed by atoms with Crippen molar-refractivity contribution in [3.8, 4) is 5.69 Å². The largest absolute Gasteiger partial charge is 0.277 e. The Labute approximate surface area is 131 Å². The molecular weight excluding hydrogens is 308 g/mol. The van der Waals surface area contributed by atoms with Crippen molar-refractivity contribution in [3.63, 3.8) is 0 Å². The Morgan fingerprint density at radius 2 is 2.19 bits per heavy atom. The van der Waals surface area contributed by atoms with Gasteiger partial charge in [-0.1, -0.05) is 29.4 Å². The summed E-state index contributed by atoms with van der Waals surface area (Å²) in [4.78, 5) is 4.20. The number of aromatic nitrogens is 6. The van der Waals surface area contributed by atoms with Crippen LogP contribution in [-0.2, 0) is 12.8 Å². The molecule has 3 aromatic rings. The minimum absolute atomic E-state index is 0.675. The first-order chi connectivity index (χ1) is 10.1. The predicted octanol–water partition coefficient (Wildman–Crippen LogP) is 2.65. The van der Waals surface area contributed by atoms with Crippen LogP contribution in [0.15, 0.2) is 36.0 Å². The second-order valence-electron chi connectivity index (χ2n) is 4.51. The highest BCUT2D eigenvalue weighted by Crippen LogP contribution is 2.25. The van der Waals surface area contributed by atoms with Gasteiger partial charge in [-0.15, -0.1) is 10.2 Å². The molecule has 0 spiro atoms. The maximum absolute atomic E-state index is 6.18. The van der Waals surface area contributed by atoms with E-state index in [1.54, 1.807) is 29.1 Å². The Bertz CT molecular complexity index is 766. The molecule has 0 atom stereocenters. The highest BCUT2D eigenvalue weighted by molar-refractivity contribution is 7.98. The van der Waals surface area contributed by atoms with Gasteiger partial charge in [0.15, 0.2) is 5.16 Å². The zero-order chi connectivity index (χ0) is 14.8. The number of nitrogens with zero attached hydrogens (tertiary/aromatic N) is 6. The van der Waals surface area contributed by atoms with Crippen LogP contribution in [0.5, 0.6) is 0 Å². The van der Waals surface area contributed by atoms with Crippen LogP contribution >= 0.6 is 23.4 Å². The zero-order valence-electron chi connectivity index (χ0n) is 11.6. The summed E-state index contributed by atoms with van der Waals surface area (Å²) < 4.78 is 3.66. The van der Waals surface area contributed by atoms with Crippen molar-refractivity contribution >= 4 is 23.4 Å². The second-order valence-corrected chi connectivity index (χ2v) is 5.86. The summed E-state index contributed by atoms with van der Waals surface area (Å²) in [6, 6.07) is 5.89. The molecule has 0 aliphatic rings. The third kappa shape index (κ3) is 2.93. The molecule has 0 aliphatic heterocycles. The Kier molecular flexibility index (Phi) is 3.94. The third-order valence-corrected chi connectivity index (χ3v) is 4.43. The van der Waals surface area contributed by atoms with Crippen molar-refractivity contribution in [2.24, 2.45) is 7.05 Å². The molecule has 0 fully saturated rings. The number of aryl methyl sites for hydroxylation is 2. The molecule has 0 bridgehead atoms. The summed E-state index contributed by atoms with van der Waals surface area (Å²) in [7, 11) is 1.87. The molecule has 6 nitrogen and oxygen atoms in total. The van der Waals surface area contributed by atoms with Crippen LogP contribution in [-0.4, -0.2) is 29.5 Å². The lowest BCUT2D eigenvalue weighted by Gasteiger charge is -2.07. The van der Waals surface area contributed by atoms with Gasteiger partial charge in [0, 0.05) is 12.1 Å². The first-order valence-electron chi connectivity index (χ1n) is 6.27. The topological polar surface area (TPSA) is 61.4 Å². The van der Waals surface area contributed by atoms with Gasteiger partial charge in [-0.05, 0) is 24.6 Å². The molecule has 8 heteroatoms. The highest BCUT2D eigenvalue weighted by atomic mass is 35.5. The van der Waals surface area contributed by atoms with E-state index < -0.39 is 0 Å². The van der Waals surface area contributed by atoms with Crippen molar-refractivity contribution in [2.45, 2.75) is 17.8 Å².